The van der Waals surface area contributed by atoms with Gasteiger partial charge in [0.15, 0.2) is 9.84 Å². The van der Waals surface area contributed by atoms with Gasteiger partial charge in [-0.05, 0) is 44.5 Å². The molecule has 128 valence electrons. The van der Waals surface area contributed by atoms with Crippen molar-refractivity contribution < 1.29 is 13.2 Å². The molecule has 1 aromatic carbocycles. The molecule has 0 radical (unpaired) electrons. The first-order valence-corrected chi connectivity index (χ1v) is 10.3. The van der Waals surface area contributed by atoms with Gasteiger partial charge < -0.3 is 9.88 Å². The SMILES string of the molecule is Cc1cc(C(=O)NC2CCS(=O)(=O)C2)c(C)n1-c1cccc(Br)c1. The van der Waals surface area contributed by atoms with Crippen LogP contribution in [0.15, 0.2) is 34.8 Å². The van der Waals surface area contributed by atoms with Gasteiger partial charge in [-0.2, -0.15) is 0 Å². The Kier molecular flexibility index (Phi) is 4.57. The average molecular weight is 411 g/mol. The summed E-state index contributed by atoms with van der Waals surface area (Å²) in [4.78, 5) is 12.6. The number of sulfone groups is 1. The quantitative estimate of drug-likeness (QED) is 0.845. The number of hydrogen-bond donors (Lipinski definition) is 1. The second-order valence-electron chi connectivity index (χ2n) is 6.17. The van der Waals surface area contributed by atoms with Crippen LogP contribution in [-0.2, 0) is 9.84 Å². The van der Waals surface area contributed by atoms with Crippen molar-refractivity contribution in [3.05, 3.63) is 51.8 Å². The molecule has 0 aliphatic carbocycles. The average Bonchev–Trinajstić information content (AvgIpc) is 2.98. The van der Waals surface area contributed by atoms with Gasteiger partial charge in [-0.15, -0.1) is 0 Å². The number of amides is 1. The standard InChI is InChI=1S/C17H19BrN2O3S/c1-11-8-16(17(21)19-14-6-7-24(22,23)10-14)12(2)20(11)15-5-3-4-13(18)9-15/h3-5,8-9,14H,6-7,10H2,1-2H3,(H,19,21). The maximum Gasteiger partial charge on any atom is 0.253 e. The third-order valence-corrected chi connectivity index (χ3v) is 6.57. The molecule has 1 atom stereocenters. The first-order chi connectivity index (χ1) is 11.3. The minimum Gasteiger partial charge on any atom is -0.348 e. The van der Waals surface area contributed by atoms with E-state index in [4.69, 9.17) is 0 Å². The first kappa shape index (κ1) is 17.2. The summed E-state index contributed by atoms with van der Waals surface area (Å²) in [5.41, 5.74) is 3.34. The van der Waals surface area contributed by atoms with E-state index in [2.05, 4.69) is 21.2 Å². The van der Waals surface area contributed by atoms with Gasteiger partial charge in [0, 0.05) is 27.6 Å². The fourth-order valence-electron chi connectivity index (χ4n) is 3.18. The molecule has 1 N–H and O–H groups in total. The van der Waals surface area contributed by atoms with Gasteiger partial charge in [-0.3, -0.25) is 4.79 Å². The predicted molar refractivity (Wildman–Crippen MR) is 97.5 cm³/mol. The number of aromatic nitrogens is 1. The first-order valence-electron chi connectivity index (χ1n) is 7.73. The van der Waals surface area contributed by atoms with Crippen molar-refractivity contribution >= 4 is 31.7 Å². The predicted octanol–water partition coefficient (Wildman–Crippen LogP) is 2.77. The number of rotatable bonds is 3. The van der Waals surface area contributed by atoms with E-state index in [0.717, 1.165) is 21.5 Å². The summed E-state index contributed by atoms with van der Waals surface area (Å²) in [6, 6.07) is 9.42. The molecule has 0 spiro atoms. The molecule has 1 aromatic heterocycles. The number of halogens is 1. The fraction of sp³-hybridized carbons (Fsp3) is 0.353. The van der Waals surface area contributed by atoms with Crippen LogP contribution >= 0.6 is 15.9 Å². The lowest BCUT2D eigenvalue weighted by molar-refractivity contribution is 0.0940. The van der Waals surface area contributed by atoms with E-state index in [1.807, 2.05) is 48.7 Å². The highest BCUT2D eigenvalue weighted by atomic mass is 79.9. The molecule has 0 bridgehead atoms. The highest BCUT2D eigenvalue weighted by Crippen LogP contribution is 2.23. The zero-order chi connectivity index (χ0) is 17.5. The molecule has 5 nitrogen and oxygen atoms in total. The maximum absolute atomic E-state index is 12.6. The Morgan fingerprint density at radius 2 is 2.04 bits per heavy atom. The lowest BCUT2D eigenvalue weighted by Crippen LogP contribution is -2.35. The number of hydrogen-bond acceptors (Lipinski definition) is 3. The van der Waals surface area contributed by atoms with E-state index in [1.54, 1.807) is 0 Å². The number of nitrogens with zero attached hydrogens (tertiary/aromatic N) is 1. The molecule has 24 heavy (non-hydrogen) atoms. The second kappa shape index (κ2) is 6.37. The molecular weight excluding hydrogens is 392 g/mol. The van der Waals surface area contributed by atoms with Crippen LogP contribution in [0, 0.1) is 13.8 Å². The van der Waals surface area contributed by atoms with Gasteiger partial charge in [0.2, 0.25) is 0 Å². The summed E-state index contributed by atoms with van der Waals surface area (Å²) in [6.07, 6.45) is 0.485. The Bertz CT molecular complexity index is 903. The Labute approximate surface area is 150 Å². The Morgan fingerprint density at radius 1 is 1.29 bits per heavy atom. The van der Waals surface area contributed by atoms with E-state index < -0.39 is 9.84 Å². The molecule has 2 heterocycles. The van der Waals surface area contributed by atoms with Crippen molar-refractivity contribution in [3.8, 4) is 5.69 Å². The maximum atomic E-state index is 12.6. The van der Waals surface area contributed by atoms with Crippen molar-refractivity contribution in [1.82, 2.24) is 9.88 Å². The fourth-order valence-corrected chi connectivity index (χ4v) is 5.24. The van der Waals surface area contributed by atoms with E-state index >= 15 is 0 Å². The summed E-state index contributed by atoms with van der Waals surface area (Å²) < 4.78 is 26.1. The smallest absolute Gasteiger partial charge is 0.253 e. The third kappa shape index (κ3) is 3.42. The molecule has 2 aromatic rings. The highest BCUT2D eigenvalue weighted by Gasteiger charge is 2.30. The van der Waals surface area contributed by atoms with Crippen LogP contribution in [0.5, 0.6) is 0 Å². The summed E-state index contributed by atoms with van der Waals surface area (Å²) in [5.74, 6) is -0.0376. The minimum atomic E-state index is -3.01. The highest BCUT2D eigenvalue weighted by molar-refractivity contribution is 9.10. The van der Waals surface area contributed by atoms with Crippen LogP contribution in [0.3, 0.4) is 0 Å². The Hall–Kier alpha value is -1.60. The second-order valence-corrected chi connectivity index (χ2v) is 9.32. The topological polar surface area (TPSA) is 68.2 Å². The molecule has 1 aliphatic heterocycles. The number of benzene rings is 1. The van der Waals surface area contributed by atoms with Crippen molar-refractivity contribution in [2.24, 2.45) is 0 Å². The Morgan fingerprint density at radius 3 is 2.67 bits per heavy atom. The molecule has 1 amide bonds. The summed E-state index contributed by atoms with van der Waals surface area (Å²) in [7, 11) is -3.01. The summed E-state index contributed by atoms with van der Waals surface area (Å²) in [6.45, 7) is 3.85. The van der Waals surface area contributed by atoms with E-state index in [1.165, 1.54) is 0 Å². The van der Waals surface area contributed by atoms with Crippen LogP contribution < -0.4 is 5.32 Å². The minimum absolute atomic E-state index is 0.0309. The largest absolute Gasteiger partial charge is 0.348 e. The zero-order valence-electron chi connectivity index (χ0n) is 13.5. The van der Waals surface area contributed by atoms with Crippen LogP contribution in [0.1, 0.15) is 28.2 Å². The van der Waals surface area contributed by atoms with Crippen molar-refractivity contribution in [1.29, 1.82) is 0 Å². The molecular formula is C17H19BrN2O3S. The van der Waals surface area contributed by atoms with Gasteiger partial charge in [0.25, 0.3) is 5.91 Å². The third-order valence-electron chi connectivity index (χ3n) is 4.31. The van der Waals surface area contributed by atoms with Crippen molar-refractivity contribution in [2.45, 2.75) is 26.3 Å². The van der Waals surface area contributed by atoms with E-state index in [0.29, 0.717) is 12.0 Å². The molecule has 0 saturated carbocycles. The van der Waals surface area contributed by atoms with Crippen LogP contribution in [0.2, 0.25) is 0 Å². The number of aryl methyl sites for hydroxylation is 1. The van der Waals surface area contributed by atoms with E-state index in [-0.39, 0.29) is 23.5 Å². The van der Waals surface area contributed by atoms with Crippen LogP contribution in [0.4, 0.5) is 0 Å². The molecule has 1 aliphatic rings. The zero-order valence-corrected chi connectivity index (χ0v) is 15.9. The number of carbonyl (C=O) groups excluding carboxylic acids is 1. The molecule has 1 fully saturated rings. The Balaban J connectivity index is 1.87. The molecule has 1 unspecified atom stereocenters. The number of nitrogens with one attached hydrogen (secondary N) is 1. The summed E-state index contributed by atoms with van der Waals surface area (Å²) in [5, 5.41) is 2.85. The molecule has 1 saturated heterocycles. The molecule has 7 heteroatoms. The van der Waals surface area contributed by atoms with Crippen LogP contribution in [-0.4, -0.2) is 36.4 Å². The van der Waals surface area contributed by atoms with Crippen molar-refractivity contribution in [2.75, 3.05) is 11.5 Å². The van der Waals surface area contributed by atoms with Gasteiger partial charge in [0.05, 0.1) is 17.1 Å². The van der Waals surface area contributed by atoms with Gasteiger partial charge in [-0.1, -0.05) is 22.0 Å². The van der Waals surface area contributed by atoms with Gasteiger partial charge in [-0.25, -0.2) is 8.42 Å². The van der Waals surface area contributed by atoms with Crippen LogP contribution in [0.25, 0.3) is 5.69 Å². The number of carbonyl (C=O) groups is 1. The lowest BCUT2D eigenvalue weighted by Gasteiger charge is -2.12. The summed E-state index contributed by atoms with van der Waals surface area (Å²) >= 11 is 3.46. The van der Waals surface area contributed by atoms with Crippen molar-refractivity contribution in [3.63, 3.8) is 0 Å². The van der Waals surface area contributed by atoms with Gasteiger partial charge >= 0.3 is 0 Å². The van der Waals surface area contributed by atoms with Gasteiger partial charge in [0.1, 0.15) is 0 Å². The van der Waals surface area contributed by atoms with E-state index in [9.17, 15) is 13.2 Å². The normalized spacial score (nSPS) is 19.4. The molecule has 3 rings (SSSR count). The lowest BCUT2D eigenvalue weighted by atomic mass is 10.2. The monoisotopic (exact) mass is 410 g/mol.